The zero-order chi connectivity index (χ0) is 16.1. The Labute approximate surface area is 146 Å². The van der Waals surface area contributed by atoms with Gasteiger partial charge in [-0.2, -0.15) is 0 Å². The zero-order valence-corrected chi connectivity index (χ0v) is 14.3. The van der Waals surface area contributed by atoms with Crippen molar-refractivity contribution < 1.29 is 9.13 Å². The van der Waals surface area contributed by atoms with Gasteiger partial charge in [0.15, 0.2) is 0 Å². The van der Waals surface area contributed by atoms with Crippen molar-refractivity contribution in [3.63, 3.8) is 0 Å². The molecule has 2 aromatic heterocycles. The van der Waals surface area contributed by atoms with Crippen molar-refractivity contribution in [2.75, 3.05) is 0 Å². The Kier molecular flexibility index (Phi) is 5.48. The van der Waals surface area contributed by atoms with Crippen LogP contribution in [0.3, 0.4) is 0 Å². The molecule has 7 heteroatoms. The maximum Gasteiger partial charge on any atom is 0.140 e. The van der Waals surface area contributed by atoms with Crippen LogP contribution in [0, 0.1) is 5.82 Å². The highest BCUT2D eigenvalue weighted by Gasteiger charge is 2.05. The van der Waals surface area contributed by atoms with Crippen molar-refractivity contribution in [3.05, 3.63) is 69.5 Å². The van der Waals surface area contributed by atoms with Crippen LogP contribution in [0.4, 0.5) is 4.39 Å². The normalized spacial score (nSPS) is 10.7. The van der Waals surface area contributed by atoms with Gasteiger partial charge >= 0.3 is 0 Å². The van der Waals surface area contributed by atoms with Crippen LogP contribution < -0.4 is 4.74 Å². The number of hydrogen-bond acceptors (Lipinski definition) is 5. The number of pyridine rings is 1. The monoisotopic (exact) mass is 366 g/mol. The second kappa shape index (κ2) is 7.77. The predicted molar refractivity (Wildman–Crippen MR) is 91.7 cm³/mol. The van der Waals surface area contributed by atoms with E-state index in [1.165, 1.54) is 12.1 Å². The molecule has 0 atom stereocenters. The quantitative estimate of drug-likeness (QED) is 0.561. The van der Waals surface area contributed by atoms with Crippen LogP contribution in [0.1, 0.15) is 10.7 Å². The third kappa shape index (κ3) is 4.92. The number of benzene rings is 1. The summed E-state index contributed by atoms with van der Waals surface area (Å²) < 4.78 is 18.4. The topological polar surface area (TPSA) is 35.0 Å². The maximum absolute atomic E-state index is 12.8. The van der Waals surface area contributed by atoms with E-state index in [2.05, 4.69) is 9.97 Å². The van der Waals surface area contributed by atoms with Gasteiger partial charge < -0.3 is 4.74 Å². The van der Waals surface area contributed by atoms with Crippen molar-refractivity contribution in [2.24, 2.45) is 0 Å². The first-order valence-corrected chi connectivity index (χ1v) is 8.99. The molecule has 0 saturated carbocycles. The van der Waals surface area contributed by atoms with Gasteiger partial charge in [0.2, 0.25) is 0 Å². The van der Waals surface area contributed by atoms with Crippen LogP contribution in [-0.2, 0) is 12.4 Å². The molecule has 3 nitrogen and oxygen atoms in total. The second-order valence-electron chi connectivity index (χ2n) is 4.58. The van der Waals surface area contributed by atoms with Gasteiger partial charge in [0.05, 0.1) is 15.7 Å². The van der Waals surface area contributed by atoms with E-state index in [0.29, 0.717) is 17.4 Å². The van der Waals surface area contributed by atoms with E-state index < -0.39 is 0 Å². The third-order valence-electron chi connectivity index (χ3n) is 2.84. The highest BCUT2D eigenvalue weighted by molar-refractivity contribution is 7.98. The van der Waals surface area contributed by atoms with E-state index in [1.807, 2.05) is 17.5 Å². The third-order valence-corrected chi connectivity index (χ3v) is 4.92. The van der Waals surface area contributed by atoms with Gasteiger partial charge in [-0.05, 0) is 36.4 Å². The molecule has 3 rings (SSSR count). The fourth-order valence-corrected chi connectivity index (χ4v) is 3.41. The summed E-state index contributed by atoms with van der Waals surface area (Å²) in [6.45, 7) is 0.375. The molecule has 0 aliphatic carbocycles. The minimum atomic E-state index is -0.276. The molecule has 0 amide bonds. The Hall–Kier alpha value is -1.63. The fraction of sp³-hybridized carbons (Fsp3) is 0.125. The summed E-state index contributed by atoms with van der Waals surface area (Å²) in [5, 5.41) is 4.43. The number of halogens is 2. The van der Waals surface area contributed by atoms with Gasteiger partial charge in [0, 0.05) is 17.3 Å². The van der Waals surface area contributed by atoms with Gasteiger partial charge in [-0.25, -0.2) is 14.4 Å². The number of ether oxygens (including phenoxy) is 1. The van der Waals surface area contributed by atoms with Crippen LogP contribution in [-0.4, -0.2) is 9.97 Å². The fourth-order valence-electron chi connectivity index (χ4n) is 1.75. The van der Waals surface area contributed by atoms with Gasteiger partial charge in [0.1, 0.15) is 23.2 Å². The molecule has 1 aromatic carbocycles. The lowest BCUT2D eigenvalue weighted by molar-refractivity contribution is 0.305. The summed E-state index contributed by atoms with van der Waals surface area (Å²) >= 11 is 8.96. The molecule has 2 heterocycles. The number of nitrogens with zero attached hydrogens (tertiary/aromatic N) is 2. The zero-order valence-electron chi connectivity index (χ0n) is 11.9. The number of thioether (sulfide) groups is 1. The maximum atomic E-state index is 12.8. The predicted octanol–water partition coefficient (Wildman–Crippen LogP) is 5.20. The summed E-state index contributed by atoms with van der Waals surface area (Å²) in [6, 6.07) is 9.66. The lowest BCUT2D eigenvalue weighted by Gasteiger charge is -2.03. The molecule has 0 aliphatic rings. The Balaban J connectivity index is 1.51. The molecule has 3 aromatic rings. The summed E-state index contributed by atoms with van der Waals surface area (Å²) in [5.41, 5.74) is 0.981. The first-order chi connectivity index (χ1) is 11.2. The van der Waals surface area contributed by atoms with Crippen molar-refractivity contribution in [3.8, 4) is 5.75 Å². The summed E-state index contributed by atoms with van der Waals surface area (Å²) in [6.07, 6.45) is 1.63. The Morgan fingerprint density at radius 1 is 1.17 bits per heavy atom. The molecule has 0 N–H and O–H groups in total. The smallest absolute Gasteiger partial charge is 0.140 e. The molecular formula is C16H12ClFN2OS2. The minimum absolute atomic E-state index is 0.276. The minimum Gasteiger partial charge on any atom is -0.486 e. The van der Waals surface area contributed by atoms with Crippen LogP contribution >= 0.6 is 34.7 Å². The highest BCUT2D eigenvalue weighted by Crippen LogP contribution is 2.23. The molecule has 0 bridgehead atoms. The Bertz CT molecular complexity index is 699. The van der Waals surface area contributed by atoms with Crippen LogP contribution in [0.5, 0.6) is 5.75 Å². The molecule has 0 radical (unpaired) electrons. The van der Waals surface area contributed by atoms with Gasteiger partial charge in [-0.3, -0.25) is 0 Å². The van der Waals surface area contributed by atoms with Crippen LogP contribution in [0.25, 0.3) is 0 Å². The Morgan fingerprint density at radius 2 is 2.00 bits per heavy atom. The molecule has 0 unspecified atom stereocenters. The molecule has 0 aliphatic heterocycles. The molecular weight excluding hydrogens is 355 g/mol. The standard InChI is InChI=1S/C16H12ClFN2OS2/c17-11-1-6-15(19-7-11)22-9-13-10-23-16(20-13)8-21-14-4-2-12(18)3-5-14/h1-7,10H,8-9H2. The molecule has 0 fully saturated rings. The van der Waals surface area contributed by atoms with Gasteiger partial charge in [-0.15, -0.1) is 23.1 Å². The molecule has 0 saturated heterocycles. The number of aromatic nitrogens is 2. The largest absolute Gasteiger partial charge is 0.486 e. The average molecular weight is 367 g/mol. The van der Waals surface area contributed by atoms with E-state index >= 15 is 0 Å². The van der Waals surface area contributed by atoms with Crippen LogP contribution in [0.15, 0.2) is 53.0 Å². The number of hydrogen-bond donors (Lipinski definition) is 0. The van der Waals surface area contributed by atoms with E-state index in [4.69, 9.17) is 16.3 Å². The van der Waals surface area contributed by atoms with Crippen LogP contribution in [0.2, 0.25) is 5.02 Å². The van der Waals surface area contributed by atoms with Gasteiger partial charge in [-0.1, -0.05) is 11.6 Å². The number of thiazole rings is 1. The molecule has 118 valence electrons. The van der Waals surface area contributed by atoms with Crippen molar-refractivity contribution in [1.29, 1.82) is 0 Å². The first-order valence-electron chi connectivity index (χ1n) is 6.75. The average Bonchev–Trinajstić information content (AvgIpc) is 3.02. The molecule has 23 heavy (non-hydrogen) atoms. The van der Waals surface area contributed by atoms with E-state index in [9.17, 15) is 4.39 Å². The van der Waals surface area contributed by atoms with Crippen molar-refractivity contribution in [2.45, 2.75) is 17.4 Å². The summed E-state index contributed by atoms with van der Waals surface area (Å²) in [5.74, 6) is 1.09. The summed E-state index contributed by atoms with van der Waals surface area (Å²) in [4.78, 5) is 8.75. The lowest BCUT2D eigenvalue weighted by atomic mass is 10.3. The first kappa shape index (κ1) is 16.2. The molecule has 0 spiro atoms. The SMILES string of the molecule is Fc1ccc(OCc2nc(CSc3ccc(Cl)cn3)cs2)cc1. The highest BCUT2D eigenvalue weighted by atomic mass is 35.5. The second-order valence-corrected chi connectivity index (χ2v) is 6.95. The lowest BCUT2D eigenvalue weighted by Crippen LogP contribution is -1.95. The van der Waals surface area contributed by atoms with Gasteiger partial charge in [0.25, 0.3) is 0 Å². The van der Waals surface area contributed by atoms with E-state index in [-0.39, 0.29) is 5.82 Å². The van der Waals surface area contributed by atoms with E-state index in [0.717, 1.165) is 21.5 Å². The number of rotatable bonds is 6. The Morgan fingerprint density at radius 3 is 2.74 bits per heavy atom. The van der Waals surface area contributed by atoms with E-state index in [1.54, 1.807) is 41.4 Å². The summed E-state index contributed by atoms with van der Waals surface area (Å²) in [7, 11) is 0. The van der Waals surface area contributed by atoms with Crippen molar-refractivity contribution >= 4 is 34.7 Å². The van der Waals surface area contributed by atoms with Crippen molar-refractivity contribution in [1.82, 2.24) is 9.97 Å².